The Balaban J connectivity index is 1.92. The van der Waals surface area contributed by atoms with Crippen molar-refractivity contribution in [1.82, 2.24) is 4.90 Å². The van der Waals surface area contributed by atoms with Gasteiger partial charge in [0.15, 0.2) is 9.84 Å². The topological polar surface area (TPSA) is 57.7 Å². The maximum Gasteiger partial charge on any atom is 0.237 e. The lowest BCUT2D eigenvalue weighted by Crippen LogP contribution is -2.50. The normalized spacial score (nSPS) is 16.3. The van der Waals surface area contributed by atoms with Crippen molar-refractivity contribution in [2.75, 3.05) is 43.1 Å². The summed E-state index contributed by atoms with van der Waals surface area (Å²) in [5.74, 6) is -0.687. The Bertz CT molecular complexity index is 573. The highest BCUT2D eigenvalue weighted by atomic mass is 32.2. The largest absolute Gasteiger partial charge is 0.368 e. The molecule has 0 aromatic heterocycles. The summed E-state index contributed by atoms with van der Waals surface area (Å²) in [5.41, 5.74) is 2.36. The van der Waals surface area contributed by atoms with E-state index in [1.807, 2.05) is 6.92 Å². The molecule has 1 aliphatic heterocycles. The first-order valence-electron chi connectivity index (χ1n) is 6.62. The molecule has 20 heavy (non-hydrogen) atoms. The Labute approximate surface area is 120 Å². The summed E-state index contributed by atoms with van der Waals surface area (Å²) in [4.78, 5) is 15.7. The number of carbonyl (C=O) groups is 1. The molecule has 1 aromatic rings. The minimum atomic E-state index is -3.25. The summed E-state index contributed by atoms with van der Waals surface area (Å²) in [6, 6.07) is 8.28. The van der Waals surface area contributed by atoms with Crippen LogP contribution in [0.4, 0.5) is 5.69 Å². The molecule has 0 unspecified atom stereocenters. The fourth-order valence-corrected chi connectivity index (χ4v) is 2.92. The van der Waals surface area contributed by atoms with Gasteiger partial charge in [-0.3, -0.25) is 4.79 Å². The van der Waals surface area contributed by atoms with Crippen molar-refractivity contribution in [3.8, 4) is 0 Å². The van der Waals surface area contributed by atoms with Gasteiger partial charge in [-0.15, -0.1) is 0 Å². The van der Waals surface area contributed by atoms with Crippen LogP contribution in [-0.4, -0.2) is 57.4 Å². The average Bonchev–Trinajstić information content (AvgIpc) is 2.38. The summed E-state index contributed by atoms with van der Waals surface area (Å²) in [6.45, 7) is 4.66. The van der Waals surface area contributed by atoms with Crippen LogP contribution in [0.2, 0.25) is 0 Å². The molecule has 0 radical (unpaired) electrons. The van der Waals surface area contributed by atoms with E-state index in [9.17, 15) is 13.2 Å². The lowest BCUT2D eigenvalue weighted by atomic mass is 10.2. The molecule has 1 aliphatic rings. The third kappa shape index (κ3) is 3.96. The highest BCUT2D eigenvalue weighted by Gasteiger charge is 2.23. The quantitative estimate of drug-likeness (QED) is 0.823. The van der Waals surface area contributed by atoms with E-state index in [0.717, 1.165) is 25.0 Å². The molecule has 1 aromatic carbocycles. The van der Waals surface area contributed by atoms with Crippen molar-refractivity contribution in [2.24, 2.45) is 0 Å². The van der Waals surface area contributed by atoms with Crippen LogP contribution < -0.4 is 4.90 Å². The maximum atomic E-state index is 11.8. The molecule has 2 rings (SSSR count). The van der Waals surface area contributed by atoms with Gasteiger partial charge in [-0.05, 0) is 19.1 Å². The average molecular weight is 296 g/mol. The van der Waals surface area contributed by atoms with Gasteiger partial charge in [-0.2, -0.15) is 0 Å². The second kappa shape index (κ2) is 5.83. The lowest BCUT2D eigenvalue weighted by molar-refractivity contribution is -0.128. The maximum absolute atomic E-state index is 11.8. The van der Waals surface area contributed by atoms with E-state index >= 15 is 0 Å². The number of rotatable bonds is 3. The lowest BCUT2D eigenvalue weighted by Gasteiger charge is -2.36. The van der Waals surface area contributed by atoms with E-state index in [0.29, 0.717) is 13.1 Å². The number of aryl methyl sites for hydroxylation is 1. The van der Waals surface area contributed by atoms with Crippen LogP contribution >= 0.6 is 0 Å². The Morgan fingerprint density at radius 1 is 1.10 bits per heavy atom. The van der Waals surface area contributed by atoms with Gasteiger partial charge in [0.25, 0.3) is 0 Å². The minimum Gasteiger partial charge on any atom is -0.368 e. The fourth-order valence-electron chi connectivity index (χ4n) is 2.29. The zero-order chi connectivity index (χ0) is 14.8. The van der Waals surface area contributed by atoms with E-state index in [2.05, 4.69) is 29.2 Å². The molecule has 1 saturated heterocycles. The van der Waals surface area contributed by atoms with Gasteiger partial charge in [0.2, 0.25) is 5.91 Å². The van der Waals surface area contributed by atoms with E-state index in [1.54, 1.807) is 4.90 Å². The molecule has 0 saturated carbocycles. The minimum absolute atomic E-state index is 0.295. The third-order valence-corrected chi connectivity index (χ3v) is 4.19. The highest BCUT2D eigenvalue weighted by Crippen LogP contribution is 2.17. The van der Waals surface area contributed by atoms with Crippen LogP contribution in [0.15, 0.2) is 24.3 Å². The van der Waals surface area contributed by atoms with Crippen molar-refractivity contribution in [3.63, 3.8) is 0 Å². The zero-order valence-corrected chi connectivity index (χ0v) is 12.7. The first-order chi connectivity index (χ1) is 9.35. The predicted molar refractivity (Wildman–Crippen MR) is 79.7 cm³/mol. The molecule has 1 heterocycles. The molecule has 5 nitrogen and oxygen atoms in total. The number of carbonyl (C=O) groups excluding carboxylic acids is 1. The monoisotopic (exact) mass is 296 g/mol. The van der Waals surface area contributed by atoms with E-state index < -0.39 is 15.6 Å². The summed E-state index contributed by atoms with van der Waals surface area (Å²) >= 11 is 0. The molecular formula is C14H20N2O3S. The van der Waals surface area contributed by atoms with Crippen molar-refractivity contribution in [2.45, 2.75) is 6.92 Å². The molecule has 1 fully saturated rings. The number of benzene rings is 1. The van der Waals surface area contributed by atoms with Crippen LogP contribution in [0, 0.1) is 6.92 Å². The SMILES string of the molecule is Cc1ccc(N2CCN(C(=O)CS(C)(=O)=O)CC2)cc1. The number of hydrogen-bond donors (Lipinski definition) is 0. The predicted octanol–water partition coefficient (Wildman–Crippen LogP) is 0.688. The first-order valence-corrected chi connectivity index (χ1v) is 8.68. The summed E-state index contributed by atoms with van der Waals surface area (Å²) in [5, 5.41) is 0. The molecule has 0 atom stereocenters. The van der Waals surface area contributed by atoms with Crippen LogP contribution in [0.3, 0.4) is 0 Å². The number of anilines is 1. The van der Waals surface area contributed by atoms with Crippen molar-refractivity contribution in [3.05, 3.63) is 29.8 Å². The van der Waals surface area contributed by atoms with Gasteiger partial charge in [0, 0.05) is 38.1 Å². The van der Waals surface area contributed by atoms with E-state index in [-0.39, 0.29) is 5.91 Å². The Morgan fingerprint density at radius 2 is 1.65 bits per heavy atom. The number of hydrogen-bond acceptors (Lipinski definition) is 4. The van der Waals surface area contributed by atoms with Gasteiger partial charge in [-0.1, -0.05) is 17.7 Å². The second-order valence-electron chi connectivity index (χ2n) is 5.27. The molecule has 110 valence electrons. The molecule has 6 heteroatoms. The summed E-state index contributed by atoms with van der Waals surface area (Å²) in [7, 11) is -3.25. The molecule has 0 bridgehead atoms. The van der Waals surface area contributed by atoms with Crippen molar-refractivity contribution in [1.29, 1.82) is 0 Å². The summed E-state index contributed by atoms with van der Waals surface area (Å²) < 4.78 is 22.3. The standard InChI is InChI=1S/C14H20N2O3S/c1-12-3-5-13(6-4-12)15-7-9-16(10-8-15)14(17)11-20(2,18)19/h3-6H,7-11H2,1-2H3. The number of sulfone groups is 1. The van der Waals surface area contributed by atoms with Gasteiger partial charge in [-0.25, -0.2) is 8.42 Å². The molecule has 0 aliphatic carbocycles. The molecule has 0 N–H and O–H groups in total. The molecular weight excluding hydrogens is 276 g/mol. The van der Waals surface area contributed by atoms with E-state index in [4.69, 9.17) is 0 Å². The second-order valence-corrected chi connectivity index (χ2v) is 7.41. The van der Waals surface area contributed by atoms with Crippen molar-refractivity contribution >= 4 is 21.4 Å². The molecule has 1 amide bonds. The van der Waals surface area contributed by atoms with Gasteiger partial charge < -0.3 is 9.80 Å². The fraction of sp³-hybridized carbons (Fsp3) is 0.500. The van der Waals surface area contributed by atoms with Gasteiger partial charge in [0.05, 0.1) is 0 Å². The smallest absolute Gasteiger partial charge is 0.237 e. The summed E-state index contributed by atoms with van der Waals surface area (Å²) in [6.07, 6.45) is 1.09. The Kier molecular flexibility index (Phi) is 4.32. The van der Waals surface area contributed by atoms with Crippen molar-refractivity contribution < 1.29 is 13.2 Å². The molecule has 0 spiro atoms. The van der Waals surface area contributed by atoms with Gasteiger partial charge >= 0.3 is 0 Å². The van der Waals surface area contributed by atoms with Crippen LogP contribution in [-0.2, 0) is 14.6 Å². The van der Waals surface area contributed by atoms with Crippen LogP contribution in [0.1, 0.15) is 5.56 Å². The number of nitrogens with zero attached hydrogens (tertiary/aromatic N) is 2. The number of amides is 1. The first kappa shape index (κ1) is 14.8. The third-order valence-electron chi connectivity index (χ3n) is 3.42. The zero-order valence-electron chi connectivity index (χ0n) is 11.9. The highest BCUT2D eigenvalue weighted by molar-refractivity contribution is 7.91. The Hall–Kier alpha value is -1.56. The van der Waals surface area contributed by atoms with Crippen LogP contribution in [0.25, 0.3) is 0 Å². The Morgan fingerprint density at radius 3 is 2.15 bits per heavy atom. The van der Waals surface area contributed by atoms with E-state index in [1.165, 1.54) is 5.56 Å². The number of piperazine rings is 1. The van der Waals surface area contributed by atoms with Crippen LogP contribution in [0.5, 0.6) is 0 Å². The van der Waals surface area contributed by atoms with Gasteiger partial charge in [0.1, 0.15) is 5.75 Å².